The second kappa shape index (κ2) is 7.13. The van der Waals surface area contributed by atoms with Gasteiger partial charge >= 0.3 is 0 Å². The van der Waals surface area contributed by atoms with Crippen molar-refractivity contribution in [2.75, 3.05) is 19.6 Å². The number of carbonyl (C=O) groups is 1. The van der Waals surface area contributed by atoms with Gasteiger partial charge in [0.05, 0.1) is 5.69 Å². The molecule has 0 bridgehead atoms. The summed E-state index contributed by atoms with van der Waals surface area (Å²) in [4.78, 5) is 29.5. The van der Waals surface area contributed by atoms with E-state index >= 15 is 0 Å². The Morgan fingerprint density at radius 3 is 2.92 bits per heavy atom. The van der Waals surface area contributed by atoms with Gasteiger partial charge in [-0.3, -0.25) is 14.7 Å². The highest BCUT2D eigenvalue weighted by Crippen LogP contribution is 2.17. The molecule has 7 heteroatoms. The van der Waals surface area contributed by atoms with Gasteiger partial charge in [0.25, 0.3) is 11.5 Å². The van der Waals surface area contributed by atoms with Gasteiger partial charge in [-0.25, -0.2) is 9.50 Å². The van der Waals surface area contributed by atoms with Gasteiger partial charge in [-0.2, -0.15) is 0 Å². The van der Waals surface area contributed by atoms with Crippen molar-refractivity contribution < 1.29 is 4.79 Å². The van der Waals surface area contributed by atoms with E-state index in [-0.39, 0.29) is 11.5 Å². The first-order valence-corrected chi connectivity index (χ1v) is 8.88. The molecule has 1 amide bonds. The Kier molecular flexibility index (Phi) is 4.53. The molecular formula is C19H21N5O2. The van der Waals surface area contributed by atoms with Gasteiger partial charge in [0, 0.05) is 24.4 Å². The maximum atomic E-state index is 12.6. The number of rotatable bonds is 4. The number of H-pyrrole nitrogens is 1. The second-order valence-corrected chi connectivity index (χ2v) is 6.61. The van der Waals surface area contributed by atoms with Crippen molar-refractivity contribution in [1.82, 2.24) is 25.2 Å². The van der Waals surface area contributed by atoms with E-state index in [1.54, 1.807) is 0 Å². The average Bonchev–Trinajstić information content (AvgIpc) is 3.12. The molecule has 0 spiro atoms. The number of fused-ring (bicyclic) bond motifs is 1. The van der Waals surface area contributed by atoms with Crippen LogP contribution in [0, 0.1) is 5.92 Å². The van der Waals surface area contributed by atoms with Crippen molar-refractivity contribution in [3.63, 3.8) is 0 Å². The summed E-state index contributed by atoms with van der Waals surface area (Å²) >= 11 is 0. The first-order valence-electron chi connectivity index (χ1n) is 8.88. The van der Waals surface area contributed by atoms with E-state index in [0.717, 1.165) is 31.5 Å². The molecule has 3 N–H and O–H groups in total. The summed E-state index contributed by atoms with van der Waals surface area (Å²) in [6.45, 7) is 2.58. The number of aromatic amines is 1. The minimum absolute atomic E-state index is 0.216. The third kappa shape index (κ3) is 3.25. The molecule has 0 aliphatic carbocycles. The molecule has 0 radical (unpaired) electrons. The first-order chi connectivity index (χ1) is 12.7. The number of benzene rings is 1. The smallest absolute Gasteiger partial charge is 0.273 e. The monoisotopic (exact) mass is 351 g/mol. The van der Waals surface area contributed by atoms with Crippen molar-refractivity contribution in [3.05, 3.63) is 58.5 Å². The fourth-order valence-corrected chi connectivity index (χ4v) is 3.34. The minimum atomic E-state index is -0.246. The summed E-state index contributed by atoms with van der Waals surface area (Å²) in [6, 6.07) is 10.9. The van der Waals surface area contributed by atoms with E-state index in [2.05, 4.69) is 20.7 Å². The van der Waals surface area contributed by atoms with Crippen molar-refractivity contribution in [1.29, 1.82) is 0 Å². The first kappa shape index (κ1) is 16.5. The number of amides is 1. The van der Waals surface area contributed by atoms with Crippen LogP contribution in [0.5, 0.6) is 0 Å². The standard InChI is InChI=1S/C19H21N5O2/c25-17-9-16(14-6-2-1-3-7-14)23-18-15(12-22-24(17)18)19(26)21-11-13-5-4-8-20-10-13/h1-3,6-7,9,12-13,20,22H,4-5,8,10-11H2,(H,21,26). The molecule has 1 aliphatic heterocycles. The van der Waals surface area contributed by atoms with Crippen LogP contribution in [-0.4, -0.2) is 40.1 Å². The molecule has 2 aromatic heterocycles. The lowest BCUT2D eigenvalue weighted by molar-refractivity contribution is 0.0946. The third-order valence-electron chi connectivity index (χ3n) is 4.76. The van der Waals surface area contributed by atoms with Crippen LogP contribution >= 0.6 is 0 Å². The molecule has 1 fully saturated rings. The van der Waals surface area contributed by atoms with E-state index in [1.807, 2.05) is 30.3 Å². The molecule has 1 saturated heterocycles. The number of nitrogens with one attached hydrogen (secondary N) is 3. The highest BCUT2D eigenvalue weighted by Gasteiger charge is 2.18. The van der Waals surface area contributed by atoms with Gasteiger partial charge in [-0.1, -0.05) is 30.3 Å². The predicted molar refractivity (Wildman–Crippen MR) is 99.2 cm³/mol. The SMILES string of the molecule is O=C(NCC1CCCNC1)c1c[nH]n2c(=O)cc(-c3ccccc3)nc12. The zero-order chi connectivity index (χ0) is 17.9. The molecule has 134 valence electrons. The molecular weight excluding hydrogens is 330 g/mol. The van der Waals surface area contributed by atoms with Crippen LogP contribution < -0.4 is 16.2 Å². The van der Waals surface area contributed by atoms with Gasteiger partial charge in [-0.05, 0) is 31.8 Å². The lowest BCUT2D eigenvalue weighted by Gasteiger charge is -2.22. The van der Waals surface area contributed by atoms with Gasteiger partial charge in [0.15, 0.2) is 5.65 Å². The number of nitrogens with zero attached hydrogens (tertiary/aromatic N) is 2. The van der Waals surface area contributed by atoms with E-state index in [9.17, 15) is 9.59 Å². The zero-order valence-electron chi connectivity index (χ0n) is 14.4. The summed E-state index contributed by atoms with van der Waals surface area (Å²) in [5.41, 5.74) is 1.87. The van der Waals surface area contributed by atoms with Crippen LogP contribution in [0.15, 0.2) is 47.4 Å². The van der Waals surface area contributed by atoms with Crippen LogP contribution in [0.1, 0.15) is 23.2 Å². The number of hydrogen-bond acceptors (Lipinski definition) is 4. The molecule has 7 nitrogen and oxygen atoms in total. The molecule has 1 aromatic carbocycles. The maximum absolute atomic E-state index is 12.6. The molecule has 1 aliphatic rings. The van der Waals surface area contributed by atoms with Gasteiger partial charge < -0.3 is 10.6 Å². The largest absolute Gasteiger partial charge is 0.352 e. The van der Waals surface area contributed by atoms with E-state index in [0.29, 0.717) is 29.4 Å². The molecule has 4 rings (SSSR count). The van der Waals surface area contributed by atoms with Crippen LogP contribution in [0.4, 0.5) is 0 Å². The third-order valence-corrected chi connectivity index (χ3v) is 4.76. The van der Waals surface area contributed by atoms with Crippen LogP contribution in [0.3, 0.4) is 0 Å². The highest BCUT2D eigenvalue weighted by molar-refractivity contribution is 5.99. The molecule has 26 heavy (non-hydrogen) atoms. The summed E-state index contributed by atoms with van der Waals surface area (Å²) in [6.07, 6.45) is 3.77. The Balaban J connectivity index is 1.62. The maximum Gasteiger partial charge on any atom is 0.273 e. The Bertz CT molecular complexity index is 971. The number of hydrogen-bond donors (Lipinski definition) is 3. The zero-order valence-corrected chi connectivity index (χ0v) is 14.4. The normalized spacial score (nSPS) is 17.3. The minimum Gasteiger partial charge on any atom is -0.352 e. The second-order valence-electron chi connectivity index (χ2n) is 6.61. The Morgan fingerprint density at radius 2 is 2.15 bits per heavy atom. The number of carbonyl (C=O) groups excluding carboxylic acids is 1. The van der Waals surface area contributed by atoms with E-state index < -0.39 is 0 Å². The van der Waals surface area contributed by atoms with Crippen molar-refractivity contribution in [3.8, 4) is 11.3 Å². The van der Waals surface area contributed by atoms with Gasteiger partial charge in [0.1, 0.15) is 5.56 Å². The van der Waals surface area contributed by atoms with Crippen molar-refractivity contribution in [2.24, 2.45) is 5.92 Å². The van der Waals surface area contributed by atoms with Crippen molar-refractivity contribution in [2.45, 2.75) is 12.8 Å². The lowest BCUT2D eigenvalue weighted by Crippen LogP contribution is -2.38. The quantitative estimate of drug-likeness (QED) is 0.663. The summed E-state index contributed by atoms with van der Waals surface area (Å²) in [7, 11) is 0. The Hall–Kier alpha value is -2.93. The van der Waals surface area contributed by atoms with Crippen LogP contribution in [0.25, 0.3) is 16.9 Å². The predicted octanol–water partition coefficient (Wildman–Crippen LogP) is 1.42. The van der Waals surface area contributed by atoms with E-state index in [1.165, 1.54) is 16.8 Å². The summed E-state index contributed by atoms with van der Waals surface area (Å²) in [5.74, 6) is 0.222. The van der Waals surface area contributed by atoms with Crippen LogP contribution in [-0.2, 0) is 0 Å². The summed E-state index contributed by atoms with van der Waals surface area (Å²) < 4.78 is 1.30. The average molecular weight is 351 g/mol. The van der Waals surface area contributed by atoms with Crippen molar-refractivity contribution >= 4 is 11.6 Å². The molecule has 3 aromatic rings. The highest BCUT2D eigenvalue weighted by atomic mass is 16.2. The number of piperidine rings is 1. The topological polar surface area (TPSA) is 91.3 Å². The fraction of sp³-hybridized carbons (Fsp3) is 0.316. The van der Waals surface area contributed by atoms with Gasteiger partial charge in [0.2, 0.25) is 0 Å². The Labute approximate surface area is 150 Å². The van der Waals surface area contributed by atoms with Gasteiger partial charge in [-0.15, -0.1) is 0 Å². The van der Waals surface area contributed by atoms with E-state index in [4.69, 9.17) is 0 Å². The lowest BCUT2D eigenvalue weighted by atomic mass is 10.00. The molecule has 1 atom stereocenters. The molecule has 1 unspecified atom stereocenters. The molecule has 3 heterocycles. The molecule has 0 saturated carbocycles. The number of aromatic nitrogens is 3. The Morgan fingerprint density at radius 1 is 1.31 bits per heavy atom. The summed E-state index contributed by atoms with van der Waals surface area (Å²) in [5, 5.41) is 9.13. The van der Waals surface area contributed by atoms with Crippen LogP contribution in [0.2, 0.25) is 0 Å². The fourth-order valence-electron chi connectivity index (χ4n) is 3.34.